The standard InChI is InChI=1S/C19H20N2O4/c1-25-16-5-3-13(4-6-16)14-9-15(12-20-11-14)18(24)21-19(7-2-8-19)10-17(22)23/h3-6,9,11-12H,2,7-8,10H2,1H3,(H,21,24)(H,22,23). The molecule has 1 aromatic heterocycles. The van der Waals surface area contributed by atoms with Gasteiger partial charge in [0, 0.05) is 18.0 Å². The predicted molar refractivity (Wildman–Crippen MR) is 92.5 cm³/mol. The van der Waals surface area contributed by atoms with Crippen LogP contribution in [0.2, 0.25) is 0 Å². The number of benzene rings is 1. The van der Waals surface area contributed by atoms with Crippen molar-refractivity contribution in [2.75, 3.05) is 7.11 Å². The zero-order valence-electron chi connectivity index (χ0n) is 14.0. The van der Waals surface area contributed by atoms with E-state index in [1.807, 2.05) is 24.3 Å². The summed E-state index contributed by atoms with van der Waals surface area (Å²) in [6.45, 7) is 0. The van der Waals surface area contributed by atoms with Crippen LogP contribution in [0.3, 0.4) is 0 Å². The molecule has 130 valence electrons. The largest absolute Gasteiger partial charge is 0.497 e. The average molecular weight is 340 g/mol. The molecule has 0 spiro atoms. The fourth-order valence-electron chi connectivity index (χ4n) is 3.06. The molecule has 6 nitrogen and oxygen atoms in total. The molecule has 0 aliphatic heterocycles. The van der Waals surface area contributed by atoms with Gasteiger partial charge >= 0.3 is 5.97 Å². The highest BCUT2D eigenvalue weighted by Gasteiger charge is 2.40. The van der Waals surface area contributed by atoms with E-state index in [1.54, 1.807) is 19.4 Å². The minimum Gasteiger partial charge on any atom is -0.497 e. The van der Waals surface area contributed by atoms with Crippen molar-refractivity contribution in [3.63, 3.8) is 0 Å². The molecule has 6 heteroatoms. The first-order valence-electron chi connectivity index (χ1n) is 8.15. The number of carbonyl (C=O) groups is 2. The number of methoxy groups -OCH3 is 1. The first-order valence-corrected chi connectivity index (χ1v) is 8.15. The van der Waals surface area contributed by atoms with E-state index >= 15 is 0 Å². The van der Waals surface area contributed by atoms with Gasteiger partial charge < -0.3 is 15.2 Å². The molecule has 25 heavy (non-hydrogen) atoms. The summed E-state index contributed by atoms with van der Waals surface area (Å²) in [7, 11) is 1.61. The van der Waals surface area contributed by atoms with Gasteiger partial charge in [0.1, 0.15) is 5.75 Å². The third-order valence-electron chi connectivity index (χ3n) is 4.60. The number of amides is 1. The second-order valence-electron chi connectivity index (χ2n) is 6.35. The minimum absolute atomic E-state index is 0.0513. The van der Waals surface area contributed by atoms with Gasteiger partial charge in [-0.2, -0.15) is 0 Å². The molecule has 1 amide bonds. The van der Waals surface area contributed by atoms with Crippen molar-refractivity contribution >= 4 is 11.9 Å². The highest BCUT2D eigenvalue weighted by atomic mass is 16.5. The highest BCUT2D eigenvalue weighted by Crippen LogP contribution is 2.35. The molecule has 2 N–H and O–H groups in total. The summed E-state index contributed by atoms with van der Waals surface area (Å²) < 4.78 is 5.14. The number of carboxylic acid groups (broad SMARTS) is 1. The summed E-state index contributed by atoms with van der Waals surface area (Å²) in [5.74, 6) is -0.430. The van der Waals surface area contributed by atoms with E-state index in [2.05, 4.69) is 10.3 Å². The Morgan fingerprint density at radius 3 is 2.48 bits per heavy atom. The van der Waals surface area contributed by atoms with Gasteiger partial charge in [0.15, 0.2) is 0 Å². The predicted octanol–water partition coefficient (Wildman–Crippen LogP) is 2.88. The first-order chi connectivity index (χ1) is 12.0. The Labute approximate surface area is 145 Å². The van der Waals surface area contributed by atoms with Gasteiger partial charge in [-0.3, -0.25) is 14.6 Å². The summed E-state index contributed by atoms with van der Waals surface area (Å²) in [6, 6.07) is 9.25. The van der Waals surface area contributed by atoms with Gasteiger partial charge in [-0.15, -0.1) is 0 Å². The third kappa shape index (κ3) is 3.79. The van der Waals surface area contributed by atoms with E-state index in [0.717, 1.165) is 23.3 Å². The van der Waals surface area contributed by atoms with E-state index in [4.69, 9.17) is 9.84 Å². The Bertz CT molecular complexity index is 782. The Morgan fingerprint density at radius 1 is 1.20 bits per heavy atom. The van der Waals surface area contributed by atoms with Crippen LogP contribution in [-0.2, 0) is 4.79 Å². The lowest BCUT2D eigenvalue weighted by atomic mass is 9.74. The van der Waals surface area contributed by atoms with E-state index in [9.17, 15) is 9.59 Å². The van der Waals surface area contributed by atoms with Crippen LogP contribution >= 0.6 is 0 Å². The van der Waals surface area contributed by atoms with Crippen LogP contribution in [0.25, 0.3) is 11.1 Å². The average Bonchev–Trinajstić information content (AvgIpc) is 2.59. The maximum atomic E-state index is 12.6. The molecule has 1 heterocycles. The molecule has 0 saturated heterocycles. The Kier molecular flexibility index (Phi) is 4.70. The van der Waals surface area contributed by atoms with Gasteiger partial charge in [-0.25, -0.2) is 0 Å². The number of ether oxygens (including phenoxy) is 1. The zero-order valence-corrected chi connectivity index (χ0v) is 14.0. The first kappa shape index (κ1) is 17.0. The molecule has 2 aromatic rings. The number of aromatic nitrogens is 1. The summed E-state index contributed by atoms with van der Waals surface area (Å²) in [6.07, 6.45) is 5.44. The number of nitrogens with one attached hydrogen (secondary N) is 1. The molecule has 0 unspecified atom stereocenters. The summed E-state index contributed by atoms with van der Waals surface area (Å²) in [5, 5.41) is 12.0. The van der Waals surface area contributed by atoms with Crippen molar-refractivity contribution in [2.45, 2.75) is 31.2 Å². The molecule has 3 rings (SSSR count). The highest BCUT2D eigenvalue weighted by molar-refractivity contribution is 5.96. The second kappa shape index (κ2) is 6.93. The van der Waals surface area contributed by atoms with Crippen LogP contribution in [-0.4, -0.2) is 34.6 Å². The molecule has 0 radical (unpaired) electrons. The lowest BCUT2D eigenvalue weighted by molar-refractivity contribution is -0.139. The van der Waals surface area contributed by atoms with Gasteiger partial charge in [0.2, 0.25) is 0 Å². The summed E-state index contributed by atoms with van der Waals surface area (Å²) in [5.41, 5.74) is 1.53. The Hall–Kier alpha value is -2.89. The maximum absolute atomic E-state index is 12.6. The number of carbonyl (C=O) groups excluding carboxylic acids is 1. The van der Waals surface area contributed by atoms with E-state index in [1.165, 1.54) is 6.20 Å². The molecule has 0 bridgehead atoms. The Morgan fingerprint density at radius 2 is 1.92 bits per heavy atom. The third-order valence-corrected chi connectivity index (χ3v) is 4.60. The fourth-order valence-corrected chi connectivity index (χ4v) is 3.06. The molecule has 1 fully saturated rings. The van der Waals surface area contributed by atoms with Gasteiger partial charge in [-0.1, -0.05) is 12.1 Å². The smallest absolute Gasteiger partial charge is 0.305 e. The minimum atomic E-state index is -0.898. The topological polar surface area (TPSA) is 88.5 Å². The van der Waals surface area contributed by atoms with Gasteiger partial charge in [-0.05, 0) is 43.0 Å². The summed E-state index contributed by atoms with van der Waals surface area (Å²) in [4.78, 5) is 27.7. The number of hydrogen-bond acceptors (Lipinski definition) is 4. The molecular formula is C19H20N2O4. The normalized spacial score (nSPS) is 15.1. The van der Waals surface area contributed by atoms with Crippen LogP contribution in [0.4, 0.5) is 0 Å². The van der Waals surface area contributed by atoms with Crippen molar-refractivity contribution in [1.82, 2.24) is 10.3 Å². The van der Waals surface area contributed by atoms with Crippen LogP contribution in [0, 0.1) is 0 Å². The maximum Gasteiger partial charge on any atom is 0.305 e. The van der Waals surface area contributed by atoms with Crippen LogP contribution in [0.5, 0.6) is 5.75 Å². The number of rotatable bonds is 6. The molecule has 1 aliphatic carbocycles. The fraction of sp³-hybridized carbons (Fsp3) is 0.316. The summed E-state index contributed by atoms with van der Waals surface area (Å²) >= 11 is 0. The van der Waals surface area contributed by atoms with Gasteiger partial charge in [0.25, 0.3) is 5.91 Å². The van der Waals surface area contributed by atoms with Crippen molar-refractivity contribution in [3.05, 3.63) is 48.3 Å². The Balaban J connectivity index is 1.78. The zero-order chi connectivity index (χ0) is 17.9. The molecule has 1 aliphatic rings. The number of pyridine rings is 1. The molecule has 1 saturated carbocycles. The second-order valence-corrected chi connectivity index (χ2v) is 6.35. The van der Waals surface area contributed by atoms with E-state index < -0.39 is 11.5 Å². The molecular weight excluding hydrogens is 320 g/mol. The van der Waals surface area contributed by atoms with Gasteiger partial charge in [0.05, 0.1) is 24.6 Å². The quantitative estimate of drug-likeness (QED) is 0.844. The van der Waals surface area contributed by atoms with Crippen molar-refractivity contribution in [2.24, 2.45) is 0 Å². The van der Waals surface area contributed by atoms with Crippen molar-refractivity contribution in [3.8, 4) is 16.9 Å². The van der Waals surface area contributed by atoms with Crippen molar-refractivity contribution in [1.29, 1.82) is 0 Å². The molecule has 1 aromatic carbocycles. The number of carboxylic acids is 1. The monoisotopic (exact) mass is 340 g/mol. The number of hydrogen-bond donors (Lipinski definition) is 2. The van der Waals surface area contributed by atoms with Crippen LogP contribution in [0.15, 0.2) is 42.7 Å². The van der Waals surface area contributed by atoms with E-state index in [-0.39, 0.29) is 12.3 Å². The SMILES string of the molecule is COc1ccc(-c2cncc(C(=O)NC3(CC(=O)O)CCC3)c2)cc1. The molecule has 0 atom stereocenters. The van der Waals surface area contributed by atoms with E-state index in [0.29, 0.717) is 18.4 Å². The lowest BCUT2D eigenvalue weighted by Gasteiger charge is -2.41. The van der Waals surface area contributed by atoms with Crippen LogP contribution in [0.1, 0.15) is 36.0 Å². The van der Waals surface area contributed by atoms with Crippen molar-refractivity contribution < 1.29 is 19.4 Å². The lowest BCUT2D eigenvalue weighted by Crippen LogP contribution is -2.54. The number of nitrogens with zero attached hydrogens (tertiary/aromatic N) is 1. The number of aliphatic carboxylic acids is 1. The van der Waals surface area contributed by atoms with Crippen LogP contribution < -0.4 is 10.1 Å².